The van der Waals surface area contributed by atoms with Gasteiger partial charge < -0.3 is 35.7 Å². The summed E-state index contributed by atoms with van der Waals surface area (Å²) < 4.78 is 66.9. The molecule has 10 atom stereocenters. The van der Waals surface area contributed by atoms with Crippen molar-refractivity contribution in [3.63, 3.8) is 0 Å². The monoisotopic (exact) mass is 1610 g/mol. The highest BCUT2D eigenvalue weighted by atomic mass is 16.5. The van der Waals surface area contributed by atoms with Crippen LogP contribution in [0.15, 0.2) is 18.2 Å². The highest BCUT2D eigenvalue weighted by Gasteiger charge is 2.50. The molecule has 0 spiro atoms. The Morgan fingerprint density at radius 2 is 1.50 bits per heavy atom. The van der Waals surface area contributed by atoms with Crippen LogP contribution in [0.1, 0.15) is 747 Å². The summed E-state index contributed by atoms with van der Waals surface area (Å²) in [6, 6.07) is 5.36. The zero-order valence-electron chi connectivity index (χ0n) is 42.3. The van der Waals surface area contributed by atoms with E-state index in [4.69, 9.17) is 37.3 Å². The molecule has 54 heavy (non-hydrogen) atoms. The number of ether oxygens (including phenoxy) is 4. The smallest absolute Gasteiger partial charge is 0.226 e. The van der Waals surface area contributed by atoms with Gasteiger partial charge in [-0.2, -0.15) is 0 Å². The SMILES string of the molecule is [2H]C([2H])(Oc1cc(C(C)[C@H](C(C)CC)C(C)[C@](C)(N)[C@@H](C[C@](C)(C(=O)NCC(C)(C(N)=O)C(C)(C)C)C(C)C(C)C)OC)ccc1OCC)C([2H])(C)C([2H])([2H])OC(C)C.[HH].[HH].[HH].[HH].[HH].[HH].[HH].[HH].[HH].[HH].[HH].[HH].[HH].[HH].[HH].[HH].[HH].[HH].[HH].[HH].[HH].[HH].[HH].[HH].[HH].[HH].[HH].[HH].[HH].[HH].[HH].[HH].[HH].[HH].[HH].[HH].[HH].[HH].[HH].[HH].[HH].[HH].[HH].[HH].[HH].[HH].[HH].[HH].[HH].[HH].[HH].[HH].[HH].[HH].[HH].[HH].[HH].[HH].[HH].[HH].[HH].[HH].[HH].[HH].[HH].[HH].[HH].[HH].[HH].[HH].[HH].[HH].[HH].[HH].[HH].[HH].[HH].[HH].[HH].[HH].[HH].[HH].[HH].[HH].[HH].[HH].[HH].[HH].[HH].[HH].[HH].[HH].[HH].[HH].[HH].[HH].[HH].[HH].[HH].[HH].[HH].[HH].[HH].[HH].[HH].[HH].[HH].[HH].[HH].[HH].[HH].[HH].[HH].[HH].[HH].[HH].[HH].[HH].[HH].[HH].[HH].[HH].[HH].[HH].[HH].[HH].[HH].[HH].[HH].[HH].[HH].[HH].[HH].[HH].[HH].[HH].[HH].[HH].[HH].[HH].[HH].[HH].[HH].[HH].[HH].[HH].[HH].[HH].[HH].[HH].[HH].[HH].[HH].[HH].[HH].[HH].[HH].[HH].[HH].[HH].[HH].[HH].[HH].[HH].[HH].[HH].[HH].[HH].[HH].[HH].[HH].[HH].[HH].[HH].[HH].[HH].[HH].[HH].[HH].[HH].[HH].[HH].[HH].[HH].[HH].[HH].[HH].[HH].[HH].[HH].[HH].[HH].[HH].[HH].[HH].[HH].[HH].[HH].[HH].[HH].[HH].[HH].[HH].[HH].[HH].[HH].[HH].[HH].[HH].[HH].[HH].[HH].[HH].[HH].[HH].[HH].[HH].[HH].[HH].[HH].[HH].[HH].[HH].[HH].[HH].[HH].[HH].[HH].[HH].[HH].[HH].[HH].[HH].[HH].[HH].[HH].[HH].[HH].[HH].[HH].[HH].[HH].[HH].[HH].[HH].[HH].[HH].[HH].[HH].[HH].[HH].[HH].[HH].[HH].[HH].[HH].[HH].[HH].[HH].[HH].[HH].[HH].[HH].[HH].[HH].[HH].[HH].[HH].[HH].[HH].[HH].[HH].[HH].[HH].[HH].[HH].[HH].[HH].[HH].[HH].[HH].[HH].[HH].[HH].[HH].[HH].[HH].[HH].[HH].[HH].[HH].[HH].[HH].[HH].[HH].[HH].[HH].[HH].[HH].[HH].[HH].[HH].[HH].[HH].[HH].[HH].[HH].[HH].[HH].[HH].[HH].[HH].[HH].[HH].[HH].[HH].[HH].[HH].[HH].[HH].[HH].[HH].[HH].[HH].[HH].[HH].[HH].[HH].[HH].[HH].[HH].[HH].[HH].[HH].[HH].[HH].[HH].[HH].[HH].[HH].[HH].[HH].[HH].[HH].[HH].[HH].[HH].[HH].[HH].[HH].[HH].[HH].[HH].[HH].[HH].[HH].[HH].[HH].[HH].[HH].[HH].[HH].[HH].[HH].[HH].[HH].[HH].[HH].[HH].[HH].[HH].[HH].[HH].[HH].[HH].[HH].[HH].[HH].[HH].[HH].[HH].[HH].[HH].[HH].[HH].[HH].[HH].[HH].[HH].[HH].[HH].[HH].[HH].[HH].[HH].[HH].[HH].[HH].[HH].[HH].[HH].[HH].[HH].[HH].[HH].[HH].[HH].[HH].[HH].[HH].[HH].[HH].[HH].[HH].[HH].[HH].[HH].[HH].[HH]. The Morgan fingerprint density at radius 3 is 1.96 bits per heavy atom. The number of amides is 2. The minimum atomic E-state index is -2.85. The Kier molecular flexibility index (Phi) is 15.8. The number of nitrogens with two attached hydrogens (primary N) is 2. The van der Waals surface area contributed by atoms with Crippen LogP contribution >= 0.6 is 0 Å². The van der Waals surface area contributed by atoms with E-state index in [1.807, 2.05) is 40.7 Å². The molecule has 0 heterocycles. The molecule has 5 N–H and O–H groups in total. The summed E-state index contributed by atoms with van der Waals surface area (Å²) in [5.74, 6) is -3.02. The third-order valence-electron chi connectivity index (χ3n) is 12.9. The highest BCUT2D eigenvalue weighted by Crippen LogP contribution is 2.47. The van der Waals surface area contributed by atoms with Gasteiger partial charge in [-0.15, -0.1) is 0 Å². The first-order valence-corrected chi connectivity index (χ1v) is 20.1. The van der Waals surface area contributed by atoms with E-state index < -0.39 is 58.9 Å². The van der Waals surface area contributed by atoms with Crippen molar-refractivity contribution >= 4 is 11.8 Å². The second kappa shape index (κ2) is 20.7. The van der Waals surface area contributed by atoms with Gasteiger partial charge in [-0.1, -0.05) is 95.6 Å². The second-order valence-corrected chi connectivity index (χ2v) is 18.2. The molecule has 0 radical (unpaired) electrons. The van der Waals surface area contributed by atoms with Gasteiger partial charge in [-0.05, 0) is 99.7 Å². The summed E-state index contributed by atoms with van der Waals surface area (Å²) in [6.45, 7) is 27.3. The van der Waals surface area contributed by atoms with Gasteiger partial charge in [0.15, 0.2) is 11.5 Å². The number of rotatable bonds is 24. The lowest BCUT2D eigenvalue weighted by Crippen LogP contribution is -2.60. The van der Waals surface area contributed by atoms with Gasteiger partial charge >= 0.3 is 0 Å². The lowest BCUT2D eigenvalue weighted by atomic mass is 9.61. The number of benzene rings is 1. The minimum absolute atomic E-state index is 0. The van der Waals surface area contributed by atoms with E-state index >= 15 is 0 Å². The first-order chi connectivity index (χ1) is 26.6. The summed E-state index contributed by atoms with van der Waals surface area (Å²) >= 11 is 0. The van der Waals surface area contributed by atoms with E-state index in [-0.39, 0.29) is 664 Å². The highest BCUT2D eigenvalue weighted by molar-refractivity contribution is 5.85. The third-order valence-corrected chi connectivity index (χ3v) is 12.9. The van der Waals surface area contributed by atoms with Crippen LogP contribution < -0.4 is 26.3 Å². The van der Waals surface area contributed by atoms with Crippen molar-refractivity contribution in [2.75, 3.05) is 33.4 Å². The standard InChI is InChI=1S/C45H83N3O6.419H2/c1-19-31(8)39(32(9)35-21-22-36(52-20-2)37(23-35)54-26-30(7)25-53-29(5)6)34(11)45(17,47)38(51-18)24-43(15,33(10)28(3)4)41(50)48-27-44(16,40(46)49)42(12,13)14;;;;;;;;;;;;;;;;;;;;;;;;;;;;;;;;;;;;;;;;;;;;;;;;;;;;;;;;;;;;;;;;;;;;;;;;;;;;;;;;;;;;;;;;;;;;;;;;;;;;;;;;;;;;;;;;;;;;;;;;;;;;;;;;;;;;;;;;;;;;;;;;;;;;;;;;;;;;;;;;;;;;;;;;;;;;;;;;;;;;;;;;;;;;;;;;;;;;;;;;;;;;;;;;;;;;;;;;;;;;;;;;;;;;;;;;;;;;;;;;;;;;;;;;;;;;;;;;;;;;;;;;;;;;;;;;;;;;;;;;;;;;;;;;;;;;;;;;;;;;;;;;;;;;;;;;;;;;;;;;;;;;;;;;;;;;;;;;;;;;;;;;;;;;;;;;;;;;;;;;;;;;;;;;;;;;;;;;;;;;;;;;;;;;;;;;;;;;;;;;;;;;;;;;;;;;;;;;;;;/h21-23,28-34,38-39H,19-20,24-27,47H2,1-18H3,(H2,46,49)(H,48,50);419*1H/t30?,31?,32?,33?,34?,38-,39+,43+,44?,45+;;;;;;;;;;;;;;;;;;;;;;;;;;;;;;;;;;;;;;;;;;;;;;;;;;;;;;;;;;;;;;;;;;;;;;;;;;;;;;;;;;;;;;;;;;;;;;;;;;;;;;;;;;;;;;;;;;;;;;;;;;;;;;;;;;;;;;;;;;;;;;;;;;;;;;;;;;;;;;;;;;;;;;;;;;;;;;;;;;;;;;;;;;;;;;;;;;;;;;;;;;;;;;;;;;;;;;;;;;;;;;;;;;;;;;;;;;;;;;;;;;;;;;;;;;;;;;;;;;;;;;;;;;;;;;;;;;;;;;;;;;;;;;;;;;;;;;;;;;;;;;;;;;;;;;;;;;;;;;;;;;;;;;;;;;;;;;;;;;;;;;;;;;;;;;;;;;;;;;;;;;;;;;;;;;;;;;;;;;;;;;;;;;;;;;;;;;;;;;;;;;;;;;;;;;;;;;;;;;;/m1.................................................................................................................................................................................................................................................................................................................................................................................................................................../s1/i25D2,26D2,30D;;;;;;;;;;;;;;;;;;;;;;;;;;;;;;;;;;;;;;;;;;;;;;;;;;;;;;;;;;;;;;;;;;;;;;;;;;;;;;;;;;;;;;;;;;;;;;;;;;;;;;;;;;;;;;;;;;;;;;;;;;;;;;;;;;;;;;;;;;;;;;;;;;;;;;;;;;;;;;;;;;;;;;;;;;;;;;;;;;;;;;;;;;;;;;;;;;;;;;;;;;;;;;;;;;;;;;;;;;;;;;;;;;;;;;;;;;;;;;;;;;;;;;;;;;;;;;;;;;;;;;;;;;;;;;;;;;;;;;;;;;;;;;;;;;;;;;;;;;;;;;;;;;;;;;;;;;;;;;;;;;;;;;;;;;;;;;;;;;;;;;;;;;;;;;;;;;;;;;;;;;;;;;;;;;;;;;;;;;;;;;;;;;;;;;;;;;;;;;;;;;;;;;;;;;;;;;;;;;;. The molecule has 1 aromatic carbocycles. The number of carbonyl (C=O) groups excluding carboxylic acids is 2. The van der Waals surface area contributed by atoms with Gasteiger partial charge in [0.2, 0.25) is 11.8 Å². The third kappa shape index (κ3) is 12.3. The molecular weight excluding hydrogens is 679 g/mol. The molecule has 0 aromatic heterocycles. The zero-order valence-corrected chi connectivity index (χ0v) is 37.3. The molecule has 0 saturated heterocycles. The number of methoxy groups -OCH3 is 1. The fourth-order valence-corrected chi connectivity index (χ4v) is 7.49. The summed E-state index contributed by atoms with van der Waals surface area (Å²) in [5.41, 5.74) is 10.8. The summed E-state index contributed by atoms with van der Waals surface area (Å²) in [6.07, 6.45) is -0.00846. The van der Waals surface area contributed by atoms with E-state index in [0.29, 0.717) is 6.42 Å². The lowest BCUT2D eigenvalue weighted by Gasteiger charge is -2.49. The number of hydrogen-bond donors (Lipinski definition) is 3. The molecule has 0 saturated carbocycles. The molecule has 0 aliphatic heterocycles. The number of nitrogens with one attached hydrogen (secondary N) is 1. The van der Waals surface area contributed by atoms with Crippen LogP contribution in [0.2, 0.25) is 0 Å². The first kappa shape index (κ1) is 41.3. The Hall–Kier alpha value is -2.36. The van der Waals surface area contributed by atoms with Crippen molar-refractivity contribution in [2.45, 2.75) is 154 Å². The Balaban J connectivity index is -0.000000000199. The lowest BCUT2D eigenvalue weighted by molar-refractivity contribution is -0.141. The molecule has 2 amide bonds. The van der Waals surface area contributed by atoms with Gasteiger partial charge in [-0.25, -0.2) is 0 Å². The van der Waals surface area contributed by atoms with Crippen LogP contribution in [0.25, 0.3) is 0 Å². The first-order valence-electron chi connectivity index (χ1n) is 22.6. The molecule has 9 nitrogen and oxygen atoms in total. The molecule has 9 heteroatoms. The van der Waals surface area contributed by atoms with E-state index in [9.17, 15) is 9.59 Å². The fourth-order valence-electron chi connectivity index (χ4n) is 7.49. The Labute approximate surface area is 960 Å². The van der Waals surface area contributed by atoms with E-state index in [1.54, 1.807) is 46.9 Å². The van der Waals surface area contributed by atoms with Crippen molar-refractivity contribution in [3.8, 4) is 11.5 Å². The van der Waals surface area contributed by atoms with E-state index in [2.05, 4.69) is 53.8 Å². The number of carbonyl (C=O) groups is 2. The quantitative estimate of drug-likeness (QED) is 0.0938. The molecule has 1 rings (SSSR count). The maximum absolute atomic E-state index is 14.5. The predicted molar refractivity (Wildman–Crippen MR) is 1110 cm³/mol. The van der Waals surface area contributed by atoms with Crippen molar-refractivity contribution < 1.29 is 633 Å². The van der Waals surface area contributed by atoms with Gasteiger partial charge in [0.05, 0.1) is 48.2 Å². The van der Waals surface area contributed by atoms with Crippen LogP contribution in [-0.4, -0.2) is 62.9 Å². The van der Waals surface area contributed by atoms with Gasteiger partial charge in [0.1, 0.15) is 0 Å². The van der Waals surface area contributed by atoms with Crippen LogP contribution in [0.4, 0.5) is 0 Å². The van der Waals surface area contributed by atoms with Crippen molar-refractivity contribution in [3.05, 3.63) is 23.8 Å². The zero-order chi connectivity index (χ0) is 46.5. The van der Waals surface area contributed by atoms with Gasteiger partial charge in [-0.3, -0.25) is 9.59 Å². The van der Waals surface area contributed by atoms with Crippen molar-refractivity contribution in [1.29, 1.82) is 0 Å². The molecule has 1152 valence electrons. The van der Waals surface area contributed by atoms with Crippen LogP contribution in [0.3, 0.4) is 0 Å². The van der Waals surface area contributed by atoms with Crippen LogP contribution in [0, 0.1) is 51.7 Å². The summed E-state index contributed by atoms with van der Waals surface area (Å²) in [4.78, 5) is 27.2. The predicted octanol–water partition coefficient (Wildman–Crippen LogP) is 112. The van der Waals surface area contributed by atoms with Crippen molar-refractivity contribution in [2.24, 2.45) is 63.2 Å². The van der Waals surface area contributed by atoms with Crippen LogP contribution in [-0.2, 0) is 19.1 Å². The minimum Gasteiger partial charge on any atom is -0.490 e. The molecule has 0 bridgehead atoms. The molecule has 6 unspecified atom stereocenters. The second-order valence-electron chi connectivity index (χ2n) is 18.2. The average Bonchev–Trinajstić information content (AvgIpc) is 3.11. The number of primary amides is 1. The topological polar surface area (TPSA) is 135 Å². The van der Waals surface area contributed by atoms with E-state index in [1.165, 1.54) is 0 Å². The van der Waals surface area contributed by atoms with Crippen molar-refractivity contribution in [1.82, 2.24) is 5.32 Å². The maximum atomic E-state index is 14.5. The Bertz CT molecular complexity index is 1750. The van der Waals surface area contributed by atoms with E-state index in [0.717, 1.165) is 18.9 Å². The average molecular weight is 1610 g/mol. The molecule has 1 aromatic rings. The van der Waals surface area contributed by atoms with Crippen LogP contribution in [0.5, 0.6) is 11.5 Å². The largest absolute Gasteiger partial charge is 0.490 e. The maximum Gasteiger partial charge on any atom is 0.226 e. The molecule has 0 fully saturated rings. The normalized spacial score (nSPS) is 22.2. The Morgan fingerprint density at radius 1 is 0.907 bits per heavy atom. The molecular formula is C45H921N3O6. The van der Waals surface area contributed by atoms with Gasteiger partial charge in [0, 0.05) is 624 Å². The van der Waals surface area contributed by atoms with Gasteiger partial charge in [0.25, 0.3) is 0 Å². The fraction of sp³-hybridized carbons (Fsp3) is 0.822. The molecule has 0 aliphatic carbocycles. The summed E-state index contributed by atoms with van der Waals surface area (Å²) in [7, 11) is 1.63. The summed E-state index contributed by atoms with van der Waals surface area (Å²) in [5, 5.41) is 3.12. The number of hydrogen-bond acceptors (Lipinski definition) is 7. The molecule has 0 aliphatic rings.